The van der Waals surface area contributed by atoms with E-state index in [9.17, 15) is 4.79 Å². The maximum Gasteiger partial charge on any atom is 0.227 e. The molecule has 1 saturated heterocycles. The molecular formula is C17H24N2O2. The lowest BCUT2D eigenvalue weighted by Crippen LogP contribution is -2.22. The molecule has 2 fully saturated rings. The first-order valence-corrected chi connectivity index (χ1v) is 7.95. The molecule has 1 aromatic rings. The molecule has 0 bridgehead atoms. The zero-order chi connectivity index (χ0) is 14.7. The van der Waals surface area contributed by atoms with Crippen molar-refractivity contribution in [2.75, 3.05) is 30.4 Å². The molecule has 0 radical (unpaired) electrons. The summed E-state index contributed by atoms with van der Waals surface area (Å²) in [6, 6.07) is 8.18. The first-order chi connectivity index (χ1) is 10.3. The normalized spacial score (nSPS) is 22.7. The van der Waals surface area contributed by atoms with Crippen molar-refractivity contribution in [1.29, 1.82) is 0 Å². The topological polar surface area (TPSA) is 41.6 Å². The van der Waals surface area contributed by atoms with Gasteiger partial charge in [0, 0.05) is 37.5 Å². The van der Waals surface area contributed by atoms with Crippen molar-refractivity contribution >= 4 is 17.3 Å². The van der Waals surface area contributed by atoms with E-state index in [1.54, 1.807) is 7.11 Å². The number of nitrogens with zero attached hydrogens (tertiary/aromatic N) is 1. The first-order valence-electron chi connectivity index (χ1n) is 7.95. The van der Waals surface area contributed by atoms with E-state index in [4.69, 9.17) is 4.74 Å². The molecule has 1 saturated carbocycles. The third-order valence-corrected chi connectivity index (χ3v) is 4.70. The highest BCUT2D eigenvalue weighted by atomic mass is 16.5. The summed E-state index contributed by atoms with van der Waals surface area (Å²) in [4.78, 5) is 14.4. The zero-order valence-corrected chi connectivity index (χ0v) is 12.7. The van der Waals surface area contributed by atoms with E-state index in [1.165, 1.54) is 18.5 Å². The van der Waals surface area contributed by atoms with Gasteiger partial charge < -0.3 is 15.0 Å². The van der Waals surface area contributed by atoms with Crippen LogP contribution in [0, 0.1) is 5.92 Å². The van der Waals surface area contributed by atoms with Gasteiger partial charge in [-0.05, 0) is 43.5 Å². The Labute approximate surface area is 126 Å². The van der Waals surface area contributed by atoms with Crippen LogP contribution < -0.4 is 10.2 Å². The molecule has 1 aliphatic carbocycles. The molecule has 2 aliphatic rings. The number of methoxy groups -OCH3 is 1. The maximum absolute atomic E-state index is 12.1. The van der Waals surface area contributed by atoms with Crippen LogP contribution in [0.5, 0.6) is 0 Å². The number of rotatable bonds is 4. The molecule has 1 N–H and O–H groups in total. The zero-order valence-electron chi connectivity index (χ0n) is 12.7. The Morgan fingerprint density at radius 1 is 1.19 bits per heavy atom. The second-order valence-electron chi connectivity index (χ2n) is 6.11. The molecule has 4 nitrogen and oxygen atoms in total. The van der Waals surface area contributed by atoms with Crippen LogP contribution in [0.3, 0.4) is 0 Å². The molecular weight excluding hydrogens is 264 g/mol. The van der Waals surface area contributed by atoms with E-state index >= 15 is 0 Å². The number of ether oxygens (including phenoxy) is 1. The SMILES string of the molecule is CO[C@H]1CCN(c2ccc(NC(=O)C3CCCC3)cc2)C1. The smallest absolute Gasteiger partial charge is 0.227 e. The van der Waals surface area contributed by atoms with E-state index in [2.05, 4.69) is 22.3 Å². The second kappa shape index (κ2) is 6.48. The molecule has 0 aromatic heterocycles. The van der Waals surface area contributed by atoms with Crippen molar-refractivity contribution < 1.29 is 9.53 Å². The Bertz CT molecular complexity index is 480. The number of nitrogens with one attached hydrogen (secondary N) is 1. The van der Waals surface area contributed by atoms with Crippen LogP contribution in [0.2, 0.25) is 0 Å². The molecule has 1 aromatic carbocycles. The minimum Gasteiger partial charge on any atom is -0.380 e. The Balaban J connectivity index is 1.58. The minimum absolute atomic E-state index is 0.181. The summed E-state index contributed by atoms with van der Waals surface area (Å²) < 4.78 is 5.40. The van der Waals surface area contributed by atoms with Crippen LogP contribution in [0.1, 0.15) is 32.1 Å². The highest BCUT2D eigenvalue weighted by Gasteiger charge is 2.23. The number of hydrogen-bond donors (Lipinski definition) is 1. The van der Waals surface area contributed by atoms with Gasteiger partial charge in [0.2, 0.25) is 5.91 Å². The van der Waals surface area contributed by atoms with Gasteiger partial charge in [-0.15, -0.1) is 0 Å². The van der Waals surface area contributed by atoms with Gasteiger partial charge in [-0.2, -0.15) is 0 Å². The highest BCUT2D eigenvalue weighted by Crippen LogP contribution is 2.27. The summed E-state index contributed by atoms with van der Waals surface area (Å²) in [5, 5.41) is 3.04. The van der Waals surface area contributed by atoms with E-state index < -0.39 is 0 Å². The fraction of sp³-hybridized carbons (Fsp3) is 0.588. The molecule has 1 atom stereocenters. The summed E-state index contributed by atoms with van der Waals surface area (Å²) in [7, 11) is 1.77. The van der Waals surface area contributed by atoms with Crippen molar-refractivity contribution in [2.45, 2.75) is 38.2 Å². The van der Waals surface area contributed by atoms with E-state index in [0.717, 1.165) is 38.0 Å². The largest absolute Gasteiger partial charge is 0.380 e. The van der Waals surface area contributed by atoms with Crippen LogP contribution in [0.25, 0.3) is 0 Å². The van der Waals surface area contributed by atoms with Crippen molar-refractivity contribution in [3.05, 3.63) is 24.3 Å². The van der Waals surface area contributed by atoms with Gasteiger partial charge in [0.05, 0.1) is 6.10 Å². The molecule has 21 heavy (non-hydrogen) atoms. The predicted molar refractivity (Wildman–Crippen MR) is 84.7 cm³/mol. The average molecular weight is 288 g/mol. The molecule has 1 heterocycles. The monoisotopic (exact) mass is 288 g/mol. The second-order valence-corrected chi connectivity index (χ2v) is 6.11. The van der Waals surface area contributed by atoms with E-state index in [1.807, 2.05) is 12.1 Å². The Morgan fingerprint density at radius 2 is 1.90 bits per heavy atom. The molecule has 3 rings (SSSR count). The van der Waals surface area contributed by atoms with Crippen LogP contribution in [-0.2, 0) is 9.53 Å². The number of carbonyl (C=O) groups is 1. The van der Waals surface area contributed by atoms with Gasteiger partial charge in [0.15, 0.2) is 0 Å². The van der Waals surface area contributed by atoms with Crippen LogP contribution in [0.4, 0.5) is 11.4 Å². The number of amides is 1. The summed E-state index contributed by atoms with van der Waals surface area (Å²) >= 11 is 0. The Morgan fingerprint density at radius 3 is 2.52 bits per heavy atom. The minimum atomic E-state index is 0.181. The fourth-order valence-electron chi connectivity index (χ4n) is 3.34. The van der Waals surface area contributed by atoms with E-state index in [0.29, 0.717) is 6.10 Å². The fourth-order valence-corrected chi connectivity index (χ4v) is 3.34. The Hall–Kier alpha value is -1.55. The lowest BCUT2D eigenvalue weighted by molar-refractivity contribution is -0.119. The predicted octanol–water partition coefficient (Wildman–Crippen LogP) is 3.04. The number of benzene rings is 1. The summed E-state index contributed by atoms with van der Waals surface area (Å²) in [5.41, 5.74) is 2.10. The van der Waals surface area contributed by atoms with Gasteiger partial charge in [-0.3, -0.25) is 4.79 Å². The van der Waals surface area contributed by atoms with Crippen molar-refractivity contribution in [1.82, 2.24) is 0 Å². The maximum atomic E-state index is 12.1. The quantitative estimate of drug-likeness (QED) is 0.926. The van der Waals surface area contributed by atoms with Gasteiger partial charge in [0.25, 0.3) is 0 Å². The third kappa shape index (κ3) is 3.38. The number of anilines is 2. The van der Waals surface area contributed by atoms with Crippen molar-refractivity contribution in [2.24, 2.45) is 5.92 Å². The molecule has 0 unspecified atom stereocenters. The van der Waals surface area contributed by atoms with E-state index in [-0.39, 0.29) is 11.8 Å². The van der Waals surface area contributed by atoms with Crippen molar-refractivity contribution in [3.8, 4) is 0 Å². The third-order valence-electron chi connectivity index (χ3n) is 4.70. The lowest BCUT2D eigenvalue weighted by atomic mass is 10.1. The average Bonchev–Trinajstić information content (AvgIpc) is 3.19. The van der Waals surface area contributed by atoms with Gasteiger partial charge in [-0.25, -0.2) is 0 Å². The van der Waals surface area contributed by atoms with Gasteiger partial charge in [-0.1, -0.05) is 12.8 Å². The summed E-state index contributed by atoms with van der Waals surface area (Å²) in [6.45, 7) is 1.98. The van der Waals surface area contributed by atoms with Gasteiger partial charge in [0.1, 0.15) is 0 Å². The highest BCUT2D eigenvalue weighted by molar-refractivity contribution is 5.92. The molecule has 0 spiro atoms. The number of carbonyl (C=O) groups excluding carboxylic acids is 1. The lowest BCUT2D eigenvalue weighted by Gasteiger charge is -2.19. The molecule has 1 aliphatic heterocycles. The van der Waals surface area contributed by atoms with Crippen LogP contribution in [-0.4, -0.2) is 32.2 Å². The number of hydrogen-bond acceptors (Lipinski definition) is 3. The van der Waals surface area contributed by atoms with Crippen LogP contribution >= 0.6 is 0 Å². The Kier molecular flexibility index (Phi) is 4.44. The van der Waals surface area contributed by atoms with Gasteiger partial charge >= 0.3 is 0 Å². The molecule has 1 amide bonds. The van der Waals surface area contributed by atoms with Crippen LogP contribution in [0.15, 0.2) is 24.3 Å². The molecule has 4 heteroatoms. The summed E-state index contributed by atoms with van der Waals surface area (Å²) in [6.07, 6.45) is 5.87. The standard InChI is InChI=1S/C17H24N2O2/c1-21-16-10-11-19(12-16)15-8-6-14(7-9-15)18-17(20)13-4-2-3-5-13/h6-9,13,16H,2-5,10-12H2,1H3,(H,18,20)/t16-/m0/s1. The first kappa shape index (κ1) is 14.4. The van der Waals surface area contributed by atoms with Crippen molar-refractivity contribution in [3.63, 3.8) is 0 Å². The molecule has 114 valence electrons. The summed E-state index contributed by atoms with van der Waals surface area (Å²) in [5.74, 6) is 0.395.